The highest BCUT2D eigenvalue weighted by molar-refractivity contribution is 7.91. The van der Waals surface area contributed by atoms with E-state index in [2.05, 4.69) is 20.6 Å². The monoisotopic (exact) mass is 386 g/mol. The number of hydrogen-bond acceptors (Lipinski definition) is 7. The molecule has 0 amide bonds. The van der Waals surface area contributed by atoms with E-state index in [4.69, 9.17) is 5.14 Å². The summed E-state index contributed by atoms with van der Waals surface area (Å²) in [5.41, 5.74) is 1.56. The van der Waals surface area contributed by atoms with Gasteiger partial charge in [-0.05, 0) is 24.3 Å². The molecule has 0 spiro atoms. The van der Waals surface area contributed by atoms with E-state index in [1.807, 2.05) is 36.4 Å². The molecule has 0 bridgehead atoms. The number of nitrogens with zero attached hydrogens (tertiary/aromatic N) is 4. The normalized spacial score (nSPS) is 11.7. The Hall–Kier alpha value is -2.82. The Balaban J connectivity index is 1.59. The first-order valence-electron chi connectivity index (χ1n) is 7.64. The molecule has 0 saturated heterocycles. The van der Waals surface area contributed by atoms with Gasteiger partial charge in [0.25, 0.3) is 0 Å². The van der Waals surface area contributed by atoms with Crippen LogP contribution in [0, 0.1) is 0 Å². The molecule has 0 aliphatic rings. The molecule has 0 unspecified atom stereocenters. The summed E-state index contributed by atoms with van der Waals surface area (Å²) in [7, 11) is -3.67. The third kappa shape index (κ3) is 3.29. The predicted octanol–water partition coefficient (Wildman–Crippen LogP) is 2.11. The van der Waals surface area contributed by atoms with Crippen molar-refractivity contribution in [3.8, 4) is 11.4 Å². The highest BCUT2D eigenvalue weighted by Gasteiger charge is 2.12. The van der Waals surface area contributed by atoms with Gasteiger partial charge in [0.15, 0.2) is 11.5 Å². The molecule has 0 saturated carbocycles. The van der Waals surface area contributed by atoms with E-state index >= 15 is 0 Å². The fraction of sp³-hybridized carbons (Fsp3) is 0.0625. The zero-order valence-corrected chi connectivity index (χ0v) is 15.0. The smallest absolute Gasteiger partial charge is 0.247 e. The molecule has 4 rings (SSSR count). The molecule has 0 radical (unpaired) electrons. The SMILES string of the molecule is NS(=O)(=O)c1ccc(CNc2ccc3nnc(-c4ccccc4)n3n2)s1. The Bertz CT molecular complexity index is 1170. The summed E-state index contributed by atoms with van der Waals surface area (Å²) >= 11 is 1.13. The van der Waals surface area contributed by atoms with Gasteiger partial charge in [-0.25, -0.2) is 13.6 Å². The van der Waals surface area contributed by atoms with Crippen molar-refractivity contribution in [3.63, 3.8) is 0 Å². The number of nitrogens with one attached hydrogen (secondary N) is 1. The van der Waals surface area contributed by atoms with E-state index in [-0.39, 0.29) is 4.21 Å². The van der Waals surface area contributed by atoms with Crippen molar-refractivity contribution in [3.05, 3.63) is 59.5 Å². The lowest BCUT2D eigenvalue weighted by Gasteiger charge is -2.05. The van der Waals surface area contributed by atoms with Crippen molar-refractivity contribution in [1.82, 2.24) is 19.8 Å². The number of benzene rings is 1. The molecule has 26 heavy (non-hydrogen) atoms. The lowest BCUT2D eigenvalue weighted by Crippen LogP contribution is -2.09. The van der Waals surface area contributed by atoms with Crippen molar-refractivity contribution in [2.24, 2.45) is 5.14 Å². The molecule has 3 aromatic heterocycles. The number of rotatable bonds is 5. The van der Waals surface area contributed by atoms with E-state index < -0.39 is 10.0 Å². The molecule has 8 nitrogen and oxygen atoms in total. The molecule has 3 N–H and O–H groups in total. The highest BCUT2D eigenvalue weighted by atomic mass is 32.2. The minimum absolute atomic E-state index is 0.142. The maximum absolute atomic E-state index is 11.3. The fourth-order valence-electron chi connectivity index (χ4n) is 2.43. The largest absolute Gasteiger partial charge is 0.364 e. The molecule has 0 aliphatic heterocycles. The van der Waals surface area contributed by atoms with Crippen LogP contribution in [0.1, 0.15) is 4.88 Å². The molecule has 3 heterocycles. The second-order valence-electron chi connectivity index (χ2n) is 5.50. The number of fused-ring (bicyclic) bond motifs is 1. The number of thiophene rings is 1. The minimum Gasteiger partial charge on any atom is -0.364 e. The molecular weight excluding hydrogens is 372 g/mol. The van der Waals surface area contributed by atoms with Crippen LogP contribution in [0.4, 0.5) is 5.82 Å². The summed E-state index contributed by atoms with van der Waals surface area (Å²) < 4.78 is 24.5. The van der Waals surface area contributed by atoms with Crippen LogP contribution in [0.3, 0.4) is 0 Å². The van der Waals surface area contributed by atoms with Crippen molar-refractivity contribution in [2.45, 2.75) is 10.8 Å². The molecule has 1 aromatic carbocycles. The lowest BCUT2D eigenvalue weighted by molar-refractivity contribution is 0.600. The summed E-state index contributed by atoms with van der Waals surface area (Å²) in [5.74, 6) is 1.27. The maximum Gasteiger partial charge on any atom is 0.247 e. The Morgan fingerprint density at radius 1 is 1.04 bits per heavy atom. The van der Waals surface area contributed by atoms with Crippen LogP contribution in [0.25, 0.3) is 17.0 Å². The van der Waals surface area contributed by atoms with Gasteiger partial charge in [0.1, 0.15) is 10.0 Å². The number of aromatic nitrogens is 4. The van der Waals surface area contributed by atoms with Crippen LogP contribution in [-0.2, 0) is 16.6 Å². The summed E-state index contributed by atoms with van der Waals surface area (Å²) in [5, 5.41) is 21.2. The third-order valence-corrected chi connectivity index (χ3v) is 6.18. The van der Waals surface area contributed by atoms with Gasteiger partial charge in [0.2, 0.25) is 10.0 Å². The Kier molecular flexibility index (Phi) is 4.15. The Morgan fingerprint density at radius 2 is 1.85 bits per heavy atom. The first-order chi connectivity index (χ1) is 12.5. The summed E-state index contributed by atoms with van der Waals surface area (Å²) in [6.45, 7) is 0.432. The highest BCUT2D eigenvalue weighted by Crippen LogP contribution is 2.22. The molecule has 10 heteroatoms. The van der Waals surface area contributed by atoms with Gasteiger partial charge in [-0.15, -0.1) is 26.6 Å². The van der Waals surface area contributed by atoms with Crippen molar-refractivity contribution >= 4 is 32.8 Å². The van der Waals surface area contributed by atoms with Crippen LogP contribution < -0.4 is 10.5 Å². The lowest BCUT2D eigenvalue weighted by atomic mass is 10.2. The average molecular weight is 386 g/mol. The van der Waals surface area contributed by atoms with Gasteiger partial charge in [-0.2, -0.15) is 4.52 Å². The summed E-state index contributed by atoms with van der Waals surface area (Å²) in [4.78, 5) is 0.836. The summed E-state index contributed by atoms with van der Waals surface area (Å²) in [6.07, 6.45) is 0. The van der Waals surface area contributed by atoms with E-state index in [1.165, 1.54) is 6.07 Å². The molecule has 0 fully saturated rings. The topological polar surface area (TPSA) is 115 Å². The second kappa shape index (κ2) is 6.48. The van der Waals surface area contributed by atoms with Crippen LogP contribution in [0.2, 0.25) is 0 Å². The molecule has 0 aliphatic carbocycles. The molecular formula is C16H14N6O2S2. The first kappa shape index (κ1) is 16.6. The van der Waals surface area contributed by atoms with E-state index in [1.54, 1.807) is 16.6 Å². The predicted molar refractivity (Wildman–Crippen MR) is 99.2 cm³/mol. The van der Waals surface area contributed by atoms with E-state index in [0.717, 1.165) is 21.8 Å². The van der Waals surface area contributed by atoms with Crippen LogP contribution >= 0.6 is 11.3 Å². The standard InChI is InChI=1S/C16H14N6O2S2/c17-26(23,24)15-9-6-12(25-15)10-18-13-7-8-14-19-20-16(22(14)21-13)11-4-2-1-3-5-11/h1-9H,10H2,(H,18,21)(H2,17,23,24). The third-order valence-electron chi connectivity index (χ3n) is 3.66. The quantitative estimate of drug-likeness (QED) is 0.543. The first-order valence-corrected chi connectivity index (χ1v) is 10.0. The number of nitrogens with two attached hydrogens (primary N) is 1. The van der Waals surface area contributed by atoms with Gasteiger partial charge in [0.05, 0.1) is 6.54 Å². The Labute approximate surface area is 153 Å². The van der Waals surface area contributed by atoms with Crippen LogP contribution in [0.15, 0.2) is 58.8 Å². The fourth-order valence-corrected chi connectivity index (χ4v) is 4.15. The minimum atomic E-state index is -3.67. The van der Waals surface area contributed by atoms with Gasteiger partial charge < -0.3 is 5.32 Å². The maximum atomic E-state index is 11.3. The van der Waals surface area contributed by atoms with E-state index in [9.17, 15) is 8.42 Å². The van der Waals surface area contributed by atoms with Crippen LogP contribution in [-0.4, -0.2) is 28.2 Å². The molecule has 132 valence electrons. The van der Waals surface area contributed by atoms with Crippen molar-refractivity contribution in [2.75, 3.05) is 5.32 Å². The zero-order chi connectivity index (χ0) is 18.1. The number of primary sulfonamides is 1. The van der Waals surface area contributed by atoms with E-state index in [0.29, 0.717) is 23.8 Å². The Morgan fingerprint density at radius 3 is 2.58 bits per heavy atom. The number of hydrogen-bond donors (Lipinski definition) is 2. The van der Waals surface area contributed by atoms with Crippen molar-refractivity contribution in [1.29, 1.82) is 0 Å². The zero-order valence-electron chi connectivity index (χ0n) is 13.4. The number of anilines is 1. The van der Waals surface area contributed by atoms with Crippen LogP contribution in [0.5, 0.6) is 0 Å². The average Bonchev–Trinajstić information content (AvgIpc) is 3.27. The van der Waals surface area contributed by atoms with Gasteiger partial charge in [-0.3, -0.25) is 0 Å². The number of sulfonamides is 1. The molecule has 4 aromatic rings. The van der Waals surface area contributed by atoms with Gasteiger partial charge >= 0.3 is 0 Å². The molecule has 0 atom stereocenters. The van der Waals surface area contributed by atoms with Gasteiger partial charge in [0, 0.05) is 10.4 Å². The van der Waals surface area contributed by atoms with Gasteiger partial charge in [-0.1, -0.05) is 30.3 Å². The van der Waals surface area contributed by atoms with Crippen molar-refractivity contribution < 1.29 is 8.42 Å². The summed E-state index contributed by atoms with van der Waals surface area (Å²) in [6, 6.07) is 16.5. The second-order valence-corrected chi connectivity index (χ2v) is 8.45.